The number of anilines is 2. The number of aromatic amines is 1. The minimum absolute atomic E-state index is 0.134. The highest BCUT2D eigenvalue weighted by atomic mass is 35.5. The van der Waals surface area contributed by atoms with Gasteiger partial charge >= 0.3 is 6.09 Å². The number of fused-ring (bicyclic) bond motifs is 3. The molecule has 4 aromatic rings. The van der Waals surface area contributed by atoms with Crippen molar-refractivity contribution >= 4 is 51.9 Å². The first kappa shape index (κ1) is 24.7. The maximum Gasteiger partial charge on any atom is 0.412 e. The molecule has 1 fully saturated rings. The Morgan fingerprint density at radius 3 is 2.82 bits per heavy atom. The van der Waals surface area contributed by atoms with Crippen LogP contribution in [-0.2, 0) is 21.6 Å². The van der Waals surface area contributed by atoms with E-state index in [1.807, 2.05) is 0 Å². The molecule has 5 N–H and O–H groups in total. The van der Waals surface area contributed by atoms with Crippen molar-refractivity contribution in [2.45, 2.75) is 24.5 Å². The Morgan fingerprint density at radius 1 is 1.18 bits per heavy atom. The van der Waals surface area contributed by atoms with E-state index in [4.69, 9.17) is 22.1 Å². The second kappa shape index (κ2) is 9.59. The maximum atomic E-state index is 13.9. The highest BCUT2D eigenvalue weighted by Gasteiger charge is 2.49. The van der Waals surface area contributed by atoms with Gasteiger partial charge in [0, 0.05) is 53.3 Å². The van der Waals surface area contributed by atoms with Gasteiger partial charge in [0.1, 0.15) is 6.04 Å². The minimum Gasteiger partial charge on any atom is -0.436 e. The van der Waals surface area contributed by atoms with Crippen molar-refractivity contribution in [3.05, 3.63) is 82.6 Å². The van der Waals surface area contributed by atoms with Gasteiger partial charge in [0.2, 0.25) is 5.91 Å². The van der Waals surface area contributed by atoms with E-state index < -0.39 is 23.6 Å². The predicted octanol–water partition coefficient (Wildman–Crippen LogP) is 3.22. The van der Waals surface area contributed by atoms with Gasteiger partial charge in [-0.3, -0.25) is 25.0 Å². The number of aromatic nitrogens is 3. The molecule has 0 aliphatic carbocycles. The zero-order valence-electron chi connectivity index (χ0n) is 20.6. The van der Waals surface area contributed by atoms with E-state index in [0.29, 0.717) is 51.5 Å². The number of nitrogens with two attached hydrogens (primary N) is 1. The lowest BCUT2D eigenvalue weighted by molar-refractivity contribution is -0.133. The van der Waals surface area contributed by atoms with Gasteiger partial charge in [0.25, 0.3) is 5.91 Å². The molecule has 2 atom stereocenters. The van der Waals surface area contributed by atoms with Crippen molar-refractivity contribution in [1.82, 2.24) is 25.4 Å². The number of hydrogen-bond acceptors (Lipinski definition) is 7. The van der Waals surface area contributed by atoms with Crippen LogP contribution in [0.1, 0.15) is 27.9 Å². The Kier molecular flexibility index (Phi) is 6.07. The Bertz CT molecular complexity index is 1610. The standard InChI is InChI=1S/C27H24ClN7O4/c28-17-2-4-20-19(13-17)27(39-26(38)32-20)7-10-35(14-27)25(37)22(11-15-5-8-30-9-6-15)31-24(36)16-1-3-18-21(12-16)33-34-23(18)29/h1-6,8-9,12-13,22H,7,10-11,14H2,(H,31,36)(H,32,38)(H3,29,33,34)/t22-,27-/m0/s1. The summed E-state index contributed by atoms with van der Waals surface area (Å²) in [6.45, 7) is 0.467. The van der Waals surface area contributed by atoms with Gasteiger partial charge in [0.05, 0.1) is 17.7 Å². The van der Waals surface area contributed by atoms with Gasteiger partial charge in [-0.1, -0.05) is 11.6 Å². The number of halogens is 1. The average Bonchev–Trinajstić information content (AvgIpc) is 3.52. The summed E-state index contributed by atoms with van der Waals surface area (Å²) in [6.07, 6.45) is 3.33. The summed E-state index contributed by atoms with van der Waals surface area (Å²) < 4.78 is 5.77. The van der Waals surface area contributed by atoms with Gasteiger partial charge in [-0.05, 0) is 54.1 Å². The zero-order valence-corrected chi connectivity index (χ0v) is 21.4. The highest BCUT2D eigenvalue weighted by molar-refractivity contribution is 6.30. The number of benzene rings is 2. The Labute approximate surface area is 227 Å². The third-order valence-electron chi connectivity index (χ3n) is 7.19. The molecule has 0 saturated carbocycles. The molecular weight excluding hydrogens is 522 g/mol. The van der Waals surface area contributed by atoms with Crippen molar-refractivity contribution in [2.75, 3.05) is 24.1 Å². The SMILES string of the molecule is Nc1n[nH]c2cc(C(=O)N[C@@H](Cc3ccncc3)C(=O)N3CC[C@@]4(C3)OC(=O)Nc3ccc(Cl)cc34)ccc12. The van der Waals surface area contributed by atoms with E-state index in [0.717, 1.165) is 5.56 Å². The summed E-state index contributed by atoms with van der Waals surface area (Å²) in [7, 11) is 0. The normalized spacial score (nSPS) is 18.9. The molecule has 12 heteroatoms. The van der Waals surface area contributed by atoms with Crippen molar-refractivity contribution in [3.63, 3.8) is 0 Å². The average molecular weight is 546 g/mol. The quantitative estimate of drug-likeness (QED) is 0.300. The summed E-state index contributed by atoms with van der Waals surface area (Å²) in [5, 5.41) is 13.6. The number of H-pyrrole nitrogens is 1. The third kappa shape index (κ3) is 4.61. The molecule has 2 aromatic heterocycles. The Morgan fingerprint density at radius 2 is 2.00 bits per heavy atom. The third-order valence-corrected chi connectivity index (χ3v) is 7.42. The number of likely N-dealkylation sites (tertiary alicyclic amines) is 1. The molecule has 198 valence electrons. The van der Waals surface area contributed by atoms with E-state index >= 15 is 0 Å². The number of rotatable bonds is 5. The van der Waals surface area contributed by atoms with Gasteiger partial charge < -0.3 is 20.7 Å². The van der Waals surface area contributed by atoms with Crippen LogP contribution in [0.25, 0.3) is 10.9 Å². The molecule has 3 amide bonds. The van der Waals surface area contributed by atoms with Gasteiger partial charge in [-0.25, -0.2) is 4.79 Å². The second-order valence-electron chi connectivity index (χ2n) is 9.66. The fraction of sp³-hybridized carbons (Fsp3) is 0.222. The Hall–Kier alpha value is -4.64. The summed E-state index contributed by atoms with van der Waals surface area (Å²) in [6, 6.07) is 12.9. The number of hydrogen-bond donors (Lipinski definition) is 4. The summed E-state index contributed by atoms with van der Waals surface area (Å²) >= 11 is 6.25. The fourth-order valence-electron chi connectivity index (χ4n) is 5.24. The topological polar surface area (TPSA) is 155 Å². The maximum absolute atomic E-state index is 13.9. The van der Waals surface area contributed by atoms with Crippen LogP contribution < -0.4 is 16.4 Å². The van der Waals surface area contributed by atoms with Gasteiger partial charge in [0.15, 0.2) is 11.4 Å². The zero-order chi connectivity index (χ0) is 27.1. The number of nitrogen functional groups attached to an aromatic ring is 1. The van der Waals surface area contributed by atoms with E-state index in [2.05, 4.69) is 25.8 Å². The van der Waals surface area contributed by atoms with Crippen LogP contribution in [0, 0.1) is 0 Å². The van der Waals surface area contributed by atoms with Crippen LogP contribution >= 0.6 is 11.6 Å². The number of nitrogens with zero attached hydrogens (tertiary/aromatic N) is 3. The molecule has 2 aliphatic rings. The van der Waals surface area contributed by atoms with Crippen LogP contribution in [0.4, 0.5) is 16.3 Å². The van der Waals surface area contributed by atoms with E-state index in [-0.39, 0.29) is 18.9 Å². The molecule has 0 radical (unpaired) electrons. The van der Waals surface area contributed by atoms with Crippen molar-refractivity contribution in [2.24, 2.45) is 0 Å². The first-order valence-electron chi connectivity index (χ1n) is 12.3. The predicted molar refractivity (Wildman–Crippen MR) is 144 cm³/mol. The summed E-state index contributed by atoms with van der Waals surface area (Å²) in [4.78, 5) is 45.2. The number of amides is 3. The molecule has 11 nitrogen and oxygen atoms in total. The minimum atomic E-state index is -1.03. The van der Waals surface area contributed by atoms with Gasteiger partial charge in [-0.2, -0.15) is 5.10 Å². The van der Waals surface area contributed by atoms with Crippen LogP contribution in [-0.4, -0.2) is 57.1 Å². The van der Waals surface area contributed by atoms with E-state index in [1.54, 1.807) is 65.8 Å². The van der Waals surface area contributed by atoms with Crippen molar-refractivity contribution in [3.8, 4) is 0 Å². The number of ether oxygens (including phenoxy) is 1. The van der Waals surface area contributed by atoms with Crippen molar-refractivity contribution in [1.29, 1.82) is 0 Å². The molecule has 2 aliphatic heterocycles. The number of pyridine rings is 1. The van der Waals surface area contributed by atoms with Crippen LogP contribution in [0.3, 0.4) is 0 Å². The fourth-order valence-corrected chi connectivity index (χ4v) is 5.41. The molecule has 39 heavy (non-hydrogen) atoms. The summed E-state index contributed by atoms with van der Waals surface area (Å²) in [5.74, 6) is -0.369. The molecule has 0 unspecified atom stereocenters. The smallest absolute Gasteiger partial charge is 0.412 e. The molecule has 0 bridgehead atoms. The number of carbonyl (C=O) groups excluding carboxylic acids is 3. The first-order valence-corrected chi connectivity index (χ1v) is 12.7. The molecule has 4 heterocycles. The van der Waals surface area contributed by atoms with Crippen LogP contribution in [0.5, 0.6) is 0 Å². The molecular formula is C27H24ClN7O4. The van der Waals surface area contributed by atoms with Crippen LogP contribution in [0.2, 0.25) is 5.02 Å². The molecule has 1 saturated heterocycles. The molecule has 1 spiro atoms. The lowest BCUT2D eigenvalue weighted by Gasteiger charge is -2.35. The van der Waals surface area contributed by atoms with E-state index in [1.165, 1.54) is 0 Å². The lowest BCUT2D eigenvalue weighted by atomic mass is 9.90. The molecule has 2 aromatic carbocycles. The second-order valence-corrected chi connectivity index (χ2v) is 10.1. The Balaban J connectivity index is 1.27. The van der Waals surface area contributed by atoms with E-state index in [9.17, 15) is 14.4 Å². The first-order chi connectivity index (χ1) is 18.8. The summed E-state index contributed by atoms with van der Waals surface area (Å²) in [5.41, 5.74) is 7.93. The largest absolute Gasteiger partial charge is 0.436 e. The monoisotopic (exact) mass is 545 g/mol. The van der Waals surface area contributed by atoms with Crippen LogP contribution in [0.15, 0.2) is 60.9 Å². The van der Waals surface area contributed by atoms with Crippen molar-refractivity contribution < 1.29 is 19.1 Å². The van der Waals surface area contributed by atoms with Gasteiger partial charge in [-0.15, -0.1) is 0 Å². The highest BCUT2D eigenvalue weighted by Crippen LogP contribution is 2.43. The number of nitrogens with one attached hydrogen (secondary N) is 3. The number of carbonyl (C=O) groups is 3. The lowest BCUT2D eigenvalue weighted by Crippen LogP contribution is -2.50. The molecule has 6 rings (SSSR count).